The second-order valence-electron chi connectivity index (χ2n) is 5.56. The summed E-state index contributed by atoms with van der Waals surface area (Å²) < 4.78 is 27.3. The molecule has 1 aromatic carbocycles. The monoisotopic (exact) mass is 306 g/mol. The first-order chi connectivity index (χ1) is 10.0. The maximum atomic E-state index is 12.3. The fraction of sp³-hybridized carbons (Fsp3) is 0.500. The summed E-state index contributed by atoms with van der Waals surface area (Å²) >= 11 is 0. The van der Waals surface area contributed by atoms with Crippen LogP contribution in [0.25, 0.3) is 0 Å². The summed E-state index contributed by atoms with van der Waals surface area (Å²) in [5.41, 5.74) is 6.24. The van der Waals surface area contributed by atoms with Gasteiger partial charge < -0.3 is 5.73 Å². The zero-order valence-corrected chi connectivity index (χ0v) is 13.2. The molecule has 0 aromatic heterocycles. The van der Waals surface area contributed by atoms with Gasteiger partial charge in [0.15, 0.2) is 0 Å². The highest BCUT2D eigenvalue weighted by molar-refractivity contribution is 7.89. The van der Waals surface area contributed by atoms with E-state index in [1.165, 1.54) is 6.42 Å². The van der Waals surface area contributed by atoms with E-state index in [4.69, 9.17) is 5.73 Å². The average molecular weight is 306 g/mol. The summed E-state index contributed by atoms with van der Waals surface area (Å²) in [4.78, 5) is 0.284. The summed E-state index contributed by atoms with van der Waals surface area (Å²) in [6.45, 7) is 2.94. The van der Waals surface area contributed by atoms with Crippen molar-refractivity contribution in [3.63, 3.8) is 0 Å². The maximum absolute atomic E-state index is 12.3. The van der Waals surface area contributed by atoms with Crippen molar-refractivity contribution in [3.05, 3.63) is 29.8 Å². The van der Waals surface area contributed by atoms with Gasteiger partial charge in [0, 0.05) is 12.1 Å². The number of sulfonamides is 1. The Bertz CT molecular complexity index is 630. The SMILES string of the molecule is CCC1(CNS(=O)(=O)c2ccc(C#CCN)cc2)CCC1. The minimum absolute atomic E-state index is 0.166. The molecule has 114 valence electrons. The van der Waals surface area contributed by atoms with Crippen LogP contribution in [0.4, 0.5) is 0 Å². The fourth-order valence-electron chi connectivity index (χ4n) is 2.53. The standard InChI is InChI=1S/C16H22N2O2S/c1-2-16(10-4-11-16)13-18-21(19,20)15-8-6-14(7-9-15)5-3-12-17/h6-9,18H,2,4,10-13,17H2,1H3. The smallest absolute Gasteiger partial charge is 0.240 e. The number of hydrogen-bond donors (Lipinski definition) is 2. The van der Waals surface area contributed by atoms with Crippen LogP contribution >= 0.6 is 0 Å². The number of hydrogen-bond acceptors (Lipinski definition) is 3. The van der Waals surface area contributed by atoms with Gasteiger partial charge in [-0.05, 0) is 48.9 Å². The van der Waals surface area contributed by atoms with Crippen LogP contribution in [0.15, 0.2) is 29.2 Å². The van der Waals surface area contributed by atoms with E-state index in [1.54, 1.807) is 24.3 Å². The van der Waals surface area contributed by atoms with Crippen LogP contribution in [0, 0.1) is 17.3 Å². The van der Waals surface area contributed by atoms with E-state index >= 15 is 0 Å². The summed E-state index contributed by atoms with van der Waals surface area (Å²) in [5.74, 6) is 5.62. The molecule has 3 N–H and O–H groups in total. The Morgan fingerprint density at radius 3 is 2.43 bits per heavy atom. The van der Waals surface area contributed by atoms with Gasteiger partial charge in [0.25, 0.3) is 0 Å². The van der Waals surface area contributed by atoms with Gasteiger partial charge in [-0.2, -0.15) is 0 Å². The normalized spacial score (nSPS) is 16.7. The Morgan fingerprint density at radius 1 is 1.29 bits per heavy atom. The highest BCUT2D eigenvalue weighted by Crippen LogP contribution is 2.43. The summed E-state index contributed by atoms with van der Waals surface area (Å²) in [6, 6.07) is 6.58. The van der Waals surface area contributed by atoms with Gasteiger partial charge in [-0.25, -0.2) is 13.1 Å². The number of rotatable bonds is 5. The lowest BCUT2D eigenvalue weighted by molar-refractivity contribution is 0.133. The first-order valence-corrected chi connectivity index (χ1v) is 8.78. The minimum Gasteiger partial charge on any atom is -0.320 e. The van der Waals surface area contributed by atoms with Gasteiger partial charge in [-0.15, -0.1) is 0 Å². The van der Waals surface area contributed by atoms with E-state index < -0.39 is 10.0 Å². The van der Waals surface area contributed by atoms with E-state index in [9.17, 15) is 8.42 Å². The third-order valence-corrected chi connectivity index (χ3v) is 5.72. The highest BCUT2D eigenvalue weighted by atomic mass is 32.2. The van der Waals surface area contributed by atoms with Crippen molar-refractivity contribution in [2.24, 2.45) is 11.1 Å². The molecule has 0 aliphatic heterocycles. The first kappa shape index (κ1) is 16.0. The third-order valence-electron chi connectivity index (χ3n) is 4.30. The van der Waals surface area contributed by atoms with E-state index in [1.807, 2.05) is 0 Å². The topological polar surface area (TPSA) is 72.2 Å². The molecule has 0 bridgehead atoms. The molecular weight excluding hydrogens is 284 g/mol. The van der Waals surface area contributed by atoms with Crippen LogP contribution < -0.4 is 10.5 Å². The molecule has 0 atom stereocenters. The lowest BCUT2D eigenvalue weighted by atomic mass is 9.67. The van der Waals surface area contributed by atoms with Gasteiger partial charge in [0.1, 0.15) is 0 Å². The first-order valence-electron chi connectivity index (χ1n) is 7.30. The molecule has 1 aromatic rings. The average Bonchev–Trinajstić information content (AvgIpc) is 2.45. The van der Waals surface area contributed by atoms with Crippen LogP contribution in [0.1, 0.15) is 38.2 Å². The van der Waals surface area contributed by atoms with Gasteiger partial charge in [-0.3, -0.25) is 0 Å². The van der Waals surface area contributed by atoms with E-state index in [2.05, 4.69) is 23.5 Å². The van der Waals surface area contributed by atoms with Crippen LogP contribution in [0.5, 0.6) is 0 Å². The maximum Gasteiger partial charge on any atom is 0.240 e. The number of nitrogens with two attached hydrogens (primary N) is 1. The van der Waals surface area contributed by atoms with E-state index in [0.717, 1.165) is 24.8 Å². The second-order valence-corrected chi connectivity index (χ2v) is 7.33. The van der Waals surface area contributed by atoms with Gasteiger partial charge in [0.05, 0.1) is 11.4 Å². The molecule has 2 rings (SSSR count). The van der Waals surface area contributed by atoms with Crippen molar-refractivity contribution >= 4 is 10.0 Å². The zero-order chi connectivity index (χ0) is 15.3. The third kappa shape index (κ3) is 3.85. The molecule has 0 amide bonds. The fourth-order valence-corrected chi connectivity index (χ4v) is 3.69. The van der Waals surface area contributed by atoms with E-state index in [-0.39, 0.29) is 10.3 Å². The second kappa shape index (κ2) is 6.61. The molecule has 1 aliphatic rings. The molecule has 5 heteroatoms. The molecule has 0 saturated heterocycles. The van der Waals surface area contributed by atoms with Crippen molar-refractivity contribution in [3.8, 4) is 11.8 Å². The molecule has 0 radical (unpaired) electrons. The largest absolute Gasteiger partial charge is 0.320 e. The molecule has 0 heterocycles. The van der Waals surface area contributed by atoms with Gasteiger partial charge in [0.2, 0.25) is 10.0 Å². The molecule has 1 fully saturated rings. The van der Waals surface area contributed by atoms with Crippen molar-refractivity contribution in [1.29, 1.82) is 0 Å². The van der Waals surface area contributed by atoms with Crippen molar-refractivity contribution in [2.45, 2.75) is 37.5 Å². The molecule has 4 nitrogen and oxygen atoms in total. The Kier molecular flexibility index (Phi) is 5.04. The molecule has 0 spiro atoms. The van der Waals surface area contributed by atoms with E-state index in [0.29, 0.717) is 13.1 Å². The lowest BCUT2D eigenvalue weighted by Crippen LogP contribution is -2.41. The number of nitrogens with one attached hydrogen (secondary N) is 1. The van der Waals surface area contributed by atoms with Gasteiger partial charge >= 0.3 is 0 Å². The predicted molar refractivity (Wildman–Crippen MR) is 84.1 cm³/mol. The Morgan fingerprint density at radius 2 is 1.95 bits per heavy atom. The summed E-state index contributed by atoms with van der Waals surface area (Å²) in [6.07, 6.45) is 4.44. The van der Waals surface area contributed by atoms with Crippen molar-refractivity contribution in [2.75, 3.05) is 13.1 Å². The summed E-state index contributed by atoms with van der Waals surface area (Å²) in [7, 11) is -3.44. The summed E-state index contributed by atoms with van der Waals surface area (Å²) in [5, 5.41) is 0. The molecule has 1 aliphatic carbocycles. The van der Waals surface area contributed by atoms with Crippen molar-refractivity contribution < 1.29 is 8.42 Å². The van der Waals surface area contributed by atoms with Crippen LogP contribution in [-0.2, 0) is 10.0 Å². The molecule has 0 unspecified atom stereocenters. The lowest BCUT2D eigenvalue weighted by Gasteiger charge is -2.41. The quantitative estimate of drug-likeness (QED) is 0.816. The van der Waals surface area contributed by atoms with Crippen LogP contribution in [0.3, 0.4) is 0 Å². The predicted octanol–water partition coefficient (Wildman–Crippen LogP) is 1.86. The zero-order valence-electron chi connectivity index (χ0n) is 12.4. The highest BCUT2D eigenvalue weighted by Gasteiger charge is 2.36. The number of benzene rings is 1. The Balaban J connectivity index is 2.05. The minimum atomic E-state index is -3.44. The van der Waals surface area contributed by atoms with Gasteiger partial charge in [-0.1, -0.05) is 25.2 Å². The Hall–Kier alpha value is -1.35. The molecular formula is C16H22N2O2S. The van der Waals surface area contributed by atoms with Crippen molar-refractivity contribution in [1.82, 2.24) is 4.72 Å². The van der Waals surface area contributed by atoms with Crippen LogP contribution in [0.2, 0.25) is 0 Å². The molecule has 1 saturated carbocycles. The van der Waals surface area contributed by atoms with Crippen LogP contribution in [-0.4, -0.2) is 21.5 Å². The molecule has 21 heavy (non-hydrogen) atoms. The Labute approximate surface area is 127 Å².